The molecule has 1 fully saturated rings. The molecule has 0 aliphatic carbocycles. The maximum absolute atomic E-state index is 12.0. The van der Waals surface area contributed by atoms with Gasteiger partial charge in [-0.05, 0) is 6.92 Å². The summed E-state index contributed by atoms with van der Waals surface area (Å²) in [5.41, 5.74) is 0. The third-order valence-electron chi connectivity index (χ3n) is 2.70. The van der Waals surface area contributed by atoms with Gasteiger partial charge in [-0.3, -0.25) is 4.79 Å². The van der Waals surface area contributed by atoms with Crippen molar-refractivity contribution >= 4 is 15.9 Å². The molecular weight excluding hydrogens is 244 g/mol. The van der Waals surface area contributed by atoms with Crippen molar-refractivity contribution < 1.29 is 13.2 Å². The standard InChI is InChI=1S/C9H16N4O3S/c1-7(5-10)17(15,16)13-4-3-12-6-8(13)9(14)11-2/h7-8,12H,3-4,6H2,1-2H3,(H,11,14). The molecule has 7 nitrogen and oxygen atoms in total. The lowest BCUT2D eigenvalue weighted by atomic mass is 10.2. The first-order valence-corrected chi connectivity index (χ1v) is 6.78. The van der Waals surface area contributed by atoms with E-state index in [2.05, 4.69) is 10.6 Å². The van der Waals surface area contributed by atoms with Crippen LogP contribution < -0.4 is 10.6 Å². The molecule has 96 valence electrons. The Hall–Kier alpha value is -1.17. The largest absolute Gasteiger partial charge is 0.358 e. The van der Waals surface area contributed by atoms with Crippen LogP contribution in [0.15, 0.2) is 0 Å². The lowest BCUT2D eigenvalue weighted by Crippen LogP contribution is -2.60. The van der Waals surface area contributed by atoms with Crippen LogP contribution in [0.5, 0.6) is 0 Å². The number of sulfonamides is 1. The highest BCUT2D eigenvalue weighted by atomic mass is 32.2. The summed E-state index contributed by atoms with van der Waals surface area (Å²) in [7, 11) is -2.29. The van der Waals surface area contributed by atoms with E-state index in [1.807, 2.05) is 0 Å². The molecule has 8 heteroatoms. The van der Waals surface area contributed by atoms with Gasteiger partial charge in [-0.1, -0.05) is 0 Å². The molecule has 0 spiro atoms. The first-order chi connectivity index (χ1) is 7.95. The minimum absolute atomic E-state index is 0.201. The number of carbonyl (C=O) groups is 1. The third kappa shape index (κ3) is 2.74. The van der Waals surface area contributed by atoms with E-state index >= 15 is 0 Å². The van der Waals surface area contributed by atoms with Crippen LogP contribution >= 0.6 is 0 Å². The molecule has 1 rings (SSSR count). The molecule has 2 unspecified atom stereocenters. The van der Waals surface area contributed by atoms with Crippen LogP contribution in [0.3, 0.4) is 0 Å². The molecule has 1 heterocycles. The van der Waals surface area contributed by atoms with Crippen molar-refractivity contribution in [3.05, 3.63) is 0 Å². The summed E-state index contributed by atoms with van der Waals surface area (Å²) in [6, 6.07) is 0.915. The average molecular weight is 260 g/mol. The van der Waals surface area contributed by atoms with E-state index in [1.54, 1.807) is 6.07 Å². The van der Waals surface area contributed by atoms with E-state index in [9.17, 15) is 13.2 Å². The van der Waals surface area contributed by atoms with Gasteiger partial charge in [-0.2, -0.15) is 9.57 Å². The molecule has 0 bridgehead atoms. The fraction of sp³-hybridized carbons (Fsp3) is 0.778. The summed E-state index contributed by atoms with van der Waals surface area (Å²) in [5, 5.41) is 13.0. The lowest BCUT2D eigenvalue weighted by molar-refractivity contribution is -0.124. The van der Waals surface area contributed by atoms with Gasteiger partial charge in [0.05, 0.1) is 6.07 Å². The van der Waals surface area contributed by atoms with Gasteiger partial charge >= 0.3 is 0 Å². The fourth-order valence-electron chi connectivity index (χ4n) is 1.65. The molecular formula is C9H16N4O3S. The molecule has 1 saturated heterocycles. The number of carbonyl (C=O) groups excluding carboxylic acids is 1. The minimum atomic E-state index is -3.74. The summed E-state index contributed by atoms with van der Waals surface area (Å²) in [6.45, 7) is 2.26. The Morgan fingerprint density at radius 1 is 1.65 bits per heavy atom. The zero-order valence-electron chi connectivity index (χ0n) is 9.80. The summed E-state index contributed by atoms with van der Waals surface area (Å²) >= 11 is 0. The second-order valence-corrected chi connectivity index (χ2v) is 5.97. The van der Waals surface area contributed by atoms with Crippen molar-refractivity contribution in [2.75, 3.05) is 26.7 Å². The third-order valence-corrected chi connectivity index (χ3v) is 4.79. The summed E-state index contributed by atoms with van der Waals surface area (Å²) in [4.78, 5) is 11.6. The van der Waals surface area contributed by atoms with Crippen molar-refractivity contribution in [3.8, 4) is 6.07 Å². The maximum atomic E-state index is 12.0. The Bertz CT molecular complexity index is 428. The molecule has 0 radical (unpaired) electrons. The predicted octanol–water partition coefficient (Wildman–Crippen LogP) is -1.75. The summed E-state index contributed by atoms with van der Waals surface area (Å²) < 4.78 is 25.2. The quantitative estimate of drug-likeness (QED) is 0.626. The normalized spacial score (nSPS) is 23.7. The van der Waals surface area contributed by atoms with Gasteiger partial charge in [0, 0.05) is 26.7 Å². The van der Waals surface area contributed by atoms with Crippen molar-refractivity contribution in [1.82, 2.24) is 14.9 Å². The minimum Gasteiger partial charge on any atom is -0.358 e. The van der Waals surface area contributed by atoms with Gasteiger partial charge < -0.3 is 10.6 Å². The number of nitrogens with one attached hydrogen (secondary N) is 2. The van der Waals surface area contributed by atoms with Crippen molar-refractivity contribution in [2.24, 2.45) is 0 Å². The van der Waals surface area contributed by atoms with Crippen LogP contribution in [-0.2, 0) is 14.8 Å². The van der Waals surface area contributed by atoms with Crippen molar-refractivity contribution in [2.45, 2.75) is 18.2 Å². The predicted molar refractivity (Wildman–Crippen MR) is 61.4 cm³/mol. The van der Waals surface area contributed by atoms with E-state index in [-0.39, 0.29) is 19.0 Å². The Balaban J connectivity index is 3.01. The van der Waals surface area contributed by atoms with Gasteiger partial charge in [0.1, 0.15) is 6.04 Å². The second-order valence-electron chi connectivity index (χ2n) is 3.76. The zero-order chi connectivity index (χ0) is 13.1. The van der Waals surface area contributed by atoms with Crippen LogP contribution in [-0.4, -0.2) is 56.6 Å². The molecule has 0 aromatic carbocycles. The average Bonchev–Trinajstić information content (AvgIpc) is 2.36. The van der Waals surface area contributed by atoms with E-state index < -0.39 is 21.3 Å². The number of nitriles is 1. The SMILES string of the molecule is CNC(=O)C1CNCCN1S(=O)(=O)C(C)C#N. The molecule has 2 N–H and O–H groups in total. The van der Waals surface area contributed by atoms with Crippen LogP contribution in [0.4, 0.5) is 0 Å². The molecule has 17 heavy (non-hydrogen) atoms. The second kappa shape index (κ2) is 5.44. The van der Waals surface area contributed by atoms with E-state index in [4.69, 9.17) is 5.26 Å². The molecule has 1 aliphatic heterocycles. The number of hydrogen-bond donors (Lipinski definition) is 2. The number of likely N-dealkylation sites (N-methyl/N-ethyl adjacent to an activating group) is 1. The number of piperazine rings is 1. The smallest absolute Gasteiger partial charge is 0.239 e. The molecule has 0 aromatic rings. The van der Waals surface area contributed by atoms with E-state index in [0.29, 0.717) is 6.54 Å². The molecule has 1 aliphatic rings. The number of amides is 1. The van der Waals surface area contributed by atoms with Crippen molar-refractivity contribution in [3.63, 3.8) is 0 Å². The fourth-order valence-corrected chi connectivity index (χ4v) is 3.06. The first-order valence-electron chi connectivity index (χ1n) is 5.27. The van der Waals surface area contributed by atoms with Crippen LogP contribution in [0.25, 0.3) is 0 Å². The maximum Gasteiger partial charge on any atom is 0.239 e. The summed E-state index contributed by atoms with van der Waals surface area (Å²) in [6.07, 6.45) is 0. The van der Waals surface area contributed by atoms with Gasteiger partial charge in [-0.25, -0.2) is 8.42 Å². The van der Waals surface area contributed by atoms with Gasteiger partial charge in [0.2, 0.25) is 15.9 Å². The lowest BCUT2D eigenvalue weighted by Gasteiger charge is -2.34. The van der Waals surface area contributed by atoms with Gasteiger partial charge in [0.15, 0.2) is 5.25 Å². The first kappa shape index (κ1) is 13.9. The monoisotopic (exact) mass is 260 g/mol. The molecule has 0 aromatic heterocycles. The number of rotatable bonds is 3. The van der Waals surface area contributed by atoms with E-state index in [0.717, 1.165) is 4.31 Å². The molecule has 1 amide bonds. The zero-order valence-corrected chi connectivity index (χ0v) is 10.6. The topological polar surface area (TPSA) is 102 Å². The van der Waals surface area contributed by atoms with Gasteiger partial charge in [-0.15, -0.1) is 0 Å². The van der Waals surface area contributed by atoms with E-state index in [1.165, 1.54) is 14.0 Å². The highest BCUT2D eigenvalue weighted by molar-refractivity contribution is 7.90. The Morgan fingerprint density at radius 2 is 2.29 bits per heavy atom. The molecule has 0 saturated carbocycles. The Morgan fingerprint density at radius 3 is 2.82 bits per heavy atom. The Kier molecular flexibility index (Phi) is 4.45. The van der Waals surface area contributed by atoms with Crippen molar-refractivity contribution in [1.29, 1.82) is 5.26 Å². The number of nitrogens with zero attached hydrogens (tertiary/aromatic N) is 2. The van der Waals surface area contributed by atoms with Gasteiger partial charge in [0.25, 0.3) is 0 Å². The van der Waals surface area contributed by atoms with Crippen LogP contribution in [0, 0.1) is 11.3 Å². The molecule has 2 atom stereocenters. The van der Waals surface area contributed by atoms with Crippen LogP contribution in [0.2, 0.25) is 0 Å². The van der Waals surface area contributed by atoms with Crippen LogP contribution in [0.1, 0.15) is 6.92 Å². The summed E-state index contributed by atoms with van der Waals surface area (Å²) in [5.74, 6) is -0.370. The highest BCUT2D eigenvalue weighted by Crippen LogP contribution is 2.14. The number of hydrogen-bond acceptors (Lipinski definition) is 5. The highest BCUT2D eigenvalue weighted by Gasteiger charge is 2.39. The Labute approximate surface area is 101 Å².